The van der Waals surface area contributed by atoms with Crippen LogP contribution in [-0.2, 0) is 9.53 Å². The van der Waals surface area contributed by atoms with Gasteiger partial charge in [-0.05, 0) is 55.7 Å². The molecule has 24 heavy (non-hydrogen) atoms. The molecule has 1 aromatic heterocycles. The number of nitrogens with zero attached hydrogens (tertiary/aromatic N) is 1. The second-order valence-corrected chi connectivity index (χ2v) is 7.63. The minimum Gasteiger partial charge on any atom is -0.462 e. The maximum absolute atomic E-state index is 12.2. The van der Waals surface area contributed by atoms with Crippen LogP contribution < -0.4 is 0 Å². The number of aliphatic hydroxyl groups is 1. The summed E-state index contributed by atoms with van der Waals surface area (Å²) in [5.74, 6) is 0.681. The Morgan fingerprint density at radius 1 is 1.46 bits per heavy atom. The molecule has 0 aromatic carbocycles. The van der Waals surface area contributed by atoms with E-state index < -0.39 is 0 Å². The van der Waals surface area contributed by atoms with E-state index in [0.29, 0.717) is 5.92 Å². The van der Waals surface area contributed by atoms with Gasteiger partial charge in [-0.1, -0.05) is 28.1 Å². The van der Waals surface area contributed by atoms with Crippen LogP contribution in [0.3, 0.4) is 0 Å². The van der Waals surface area contributed by atoms with Gasteiger partial charge in [0.1, 0.15) is 6.10 Å². The molecule has 0 spiro atoms. The molecule has 5 unspecified atom stereocenters. The lowest BCUT2D eigenvalue weighted by molar-refractivity contribution is -0.144. The van der Waals surface area contributed by atoms with Crippen LogP contribution in [-0.4, -0.2) is 34.1 Å². The predicted molar refractivity (Wildman–Crippen MR) is 96.4 cm³/mol. The minimum atomic E-state index is -0.0977. The average molecular weight is 394 g/mol. The number of rotatable bonds is 5. The molecule has 4 nitrogen and oxygen atoms in total. The molecule has 6 atom stereocenters. The molecule has 1 aromatic rings. The van der Waals surface area contributed by atoms with Crippen LogP contribution in [0.2, 0.25) is 0 Å². The molecule has 1 aliphatic heterocycles. The first-order chi connectivity index (χ1) is 11.7. The molecule has 2 aliphatic rings. The maximum atomic E-state index is 12.2. The summed E-state index contributed by atoms with van der Waals surface area (Å²) in [6, 6.07) is 5.84. The number of hydrogen-bond donors (Lipinski definition) is 1. The van der Waals surface area contributed by atoms with Crippen molar-refractivity contribution in [3.8, 4) is 0 Å². The monoisotopic (exact) mass is 393 g/mol. The van der Waals surface area contributed by atoms with Gasteiger partial charge in [0.15, 0.2) is 0 Å². The van der Waals surface area contributed by atoms with Crippen LogP contribution in [0.4, 0.5) is 0 Å². The number of alkyl halides is 1. The van der Waals surface area contributed by atoms with Gasteiger partial charge in [-0.3, -0.25) is 9.78 Å². The zero-order valence-electron chi connectivity index (χ0n) is 13.8. The highest BCUT2D eigenvalue weighted by atomic mass is 79.9. The minimum absolute atomic E-state index is 0.0710. The lowest BCUT2D eigenvalue weighted by Gasteiger charge is -2.42. The highest BCUT2D eigenvalue weighted by molar-refractivity contribution is 9.09. The summed E-state index contributed by atoms with van der Waals surface area (Å²) in [4.78, 5) is 16.6. The zero-order chi connectivity index (χ0) is 17.1. The van der Waals surface area contributed by atoms with E-state index in [4.69, 9.17) is 4.74 Å². The van der Waals surface area contributed by atoms with Crippen molar-refractivity contribution in [3.63, 3.8) is 0 Å². The summed E-state index contributed by atoms with van der Waals surface area (Å²) in [6.45, 7) is 2.12. The number of esters is 1. The van der Waals surface area contributed by atoms with Crippen molar-refractivity contribution in [3.05, 3.63) is 36.2 Å². The lowest BCUT2D eigenvalue weighted by Crippen LogP contribution is -2.42. The molecular weight excluding hydrogens is 370 g/mol. The molecule has 0 bridgehead atoms. The van der Waals surface area contributed by atoms with Gasteiger partial charge in [-0.2, -0.15) is 0 Å². The summed E-state index contributed by atoms with van der Waals surface area (Å²) >= 11 is 3.55. The van der Waals surface area contributed by atoms with Gasteiger partial charge >= 0.3 is 5.97 Å². The maximum Gasteiger partial charge on any atom is 0.309 e. The molecule has 130 valence electrons. The van der Waals surface area contributed by atoms with Crippen molar-refractivity contribution in [2.45, 2.75) is 25.9 Å². The third-order valence-electron chi connectivity index (χ3n) is 5.57. The smallest absolute Gasteiger partial charge is 0.309 e. The van der Waals surface area contributed by atoms with E-state index in [1.807, 2.05) is 31.2 Å². The predicted octanol–water partition coefficient (Wildman–Crippen LogP) is 3.30. The highest BCUT2D eigenvalue weighted by Crippen LogP contribution is 2.50. The largest absolute Gasteiger partial charge is 0.462 e. The van der Waals surface area contributed by atoms with E-state index in [1.165, 1.54) is 0 Å². The summed E-state index contributed by atoms with van der Waals surface area (Å²) in [7, 11) is 0. The quantitative estimate of drug-likeness (QED) is 0.615. The van der Waals surface area contributed by atoms with Gasteiger partial charge in [0, 0.05) is 24.1 Å². The summed E-state index contributed by atoms with van der Waals surface area (Å²) in [6.07, 6.45) is 7.65. The standard InChI is InChI=1S/C19H24BrNO3/c1-12-18-16(6-5-14-4-2-3-9-21-14)15(7-8-20)13(11-22)10-17(18)19(23)24-12/h2-6,9,12-13,15-18,22H,7-8,10-11H2,1H3/b6-5+/t12-,13?,15?,16?,17?,18?/m1/s1. The van der Waals surface area contributed by atoms with Gasteiger partial charge in [-0.25, -0.2) is 0 Å². The molecule has 1 N–H and O–H groups in total. The second kappa shape index (κ2) is 7.79. The van der Waals surface area contributed by atoms with Crippen molar-refractivity contribution in [1.82, 2.24) is 4.98 Å². The van der Waals surface area contributed by atoms with Crippen LogP contribution in [0.15, 0.2) is 30.5 Å². The van der Waals surface area contributed by atoms with Crippen molar-refractivity contribution >= 4 is 28.0 Å². The lowest BCUT2D eigenvalue weighted by atomic mass is 9.60. The van der Waals surface area contributed by atoms with Crippen LogP contribution >= 0.6 is 15.9 Å². The van der Waals surface area contributed by atoms with Crippen LogP contribution in [0.25, 0.3) is 6.08 Å². The van der Waals surface area contributed by atoms with E-state index in [9.17, 15) is 9.90 Å². The summed E-state index contributed by atoms with van der Waals surface area (Å²) in [5, 5.41) is 10.8. The Balaban J connectivity index is 1.92. The fourth-order valence-electron chi connectivity index (χ4n) is 4.49. The van der Waals surface area contributed by atoms with Gasteiger partial charge < -0.3 is 9.84 Å². The number of aliphatic hydroxyl groups excluding tert-OH is 1. The Hall–Kier alpha value is -1.20. The van der Waals surface area contributed by atoms with E-state index >= 15 is 0 Å². The fraction of sp³-hybridized carbons (Fsp3) is 0.579. The number of fused-ring (bicyclic) bond motifs is 1. The van der Waals surface area contributed by atoms with Crippen molar-refractivity contribution in [2.75, 3.05) is 11.9 Å². The second-order valence-electron chi connectivity index (χ2n) is 6.84. The average Bonchev–Trinajstić information content (AvgIpc) is 2.88. The molecule has 0 amide bonds. The van der Waals surface area contributed by atoms with Crippen LogP contribution in [0, 0.1) is 29.6 Å². The number of carbonyl (C=O) groups excluding carboxylic acids is 1. The Bertz CT molecular complexity index is 592. The Morgan fingerprint density at radius 2 is 2.29 bits per heavy atom. The molecule has 2 fully saturated rings. The molecular formula is C19H24BrNO3. The number of halogens is 1. The number of aromatic nitrogens is 1. The van der Waals surface area contributed by atoms with Crippen molar-refractivity contribution in [1.29, 1.82) is 0 Å². The van der Waals surface area contributed by atoms with Crippen molar-refractivity contribution in [2.24, 2.45) is 29.6 Å². The summed E-state index contributed by atoms with van der Waals surface area (Å²) in [5.41, 5.74) is 0.913. The van der Waals surface area contributed by atoms with Gasteiger partial charge in [-0.15, -0.1) is 0 Å². The van der Waals surface area contributed by atoms with Crippen molar-refractivity contribution < 1.29 is 14.6 Å². The molecule has 5 heteroatoms. The number of carbonyl (C=O) groups is 1. The van der Waals surface area contributed by atoms with Crippen LogP contribution in [0.5, 0.6) is 0 Å². The number of hydrogen-bond acceptors (Lipinski definition) is 4. The molecule has 3 rings (SSSR count). The third kappa shape index (κ3) is 3.42. The van der Waals surface area contributed by atoms with Gasteiger partial charge in [0.05, 0.1) is 11.6 Å². The first-order valence-corrected chi connectivity index (χ1v) is 9.74. The molecule has 1 saturated carbocycles. The Labute approximate surface area is 151 Å². The number of pyridine rings is 1. The van der Waals surface area contributed by atoms with Gasteiger partial charge in [0.2, 0.25) is 0 Å². The molecule has 1 saturated heterocycles. The van der Waals surface area contributed by atoms with Gasteiger partial charge in [0.25, 0.3) is 0 Å². The SMILES string of the molecule is C[C@H]1OC(=O)C2CC(CO)C(CCBr)C(/C=C/c3ccccn3)C21. The zero-order valence-corrected chi connectivity index (χ0v) is 15.4. The fourth-order valence-corrected chi connectivity index (χ4v) is 5.02. The first kappa shape index (κ1) is 17.6. The molecule has 1 aliphatic carbocycles. The number of ether oxygens (including phenoxy) is 1. The highest BCUT2D eigenvalue weighted by Gasteiger charge is 2.53. The number of allylic oxidation sites excluding steroid dienone is 1. The van der Waals surface area contributed by atoms with E-state index in [0.717, 1.165) is 23.9 Å². The Morgan fingerprint density at radius 3 is 2.96 bits per heavy atom. The summed E-state index contributed by atoms with van der Waals surface area (Å²) < 4.78 is 5.53. The normalized spacial score (nSPS) is 35.9. The van der Waals surface area contributed by atoms with E-state index in [1.54, 1.807) is 6.20 Å². The van der Waals surface area contributed by atoms with Crippen LogP contribution in [0.1, 0.15) is 25.5 Å². The third-order valence-corrected chi connectivity index (χ3v) is 6.02. The van der Waals surface area contributed by atoms with E-state index in [2.05, 4.69) is 27.0 Å². The van der Waals surface area contributed by atoms with E-state index in [-0.39, 0.29) is 42.4 Å². The molecule has 2 heterocycles. The molecule has 0 radical (unpaired) electrons. The number of cyclic esters (lactones) is 1. The Kier molecular flexibility index (Phi) is 5.72. The first-order valence-electron chi connectivity index (χ1n) is 8.62. The topological polar surface area (TPSA) is 59.4 Å².